The first kappa shape index (κ1) is 11.7. The third kappa shape index (κ3) is 1.84. The van der Waals surface area contributed by atoms with Gasteiger partial charge < -0.3 is 5.32 Å². The molecular weight excluding hydrogens is 238 g/mol. The van der Waals surface area contributed by atoms with Crippen LogP contribution in [0.15, 0.2) is 36.7 Å². The highest BCUT2D eigenvalue weighted by Gasteiger charge is 2.44. The summed E-state index contributed by atoms with van der Waals surface area (Å²) >= 11 is 0. The summed E-state index contributed by atoms with van der Waals surface area (Å²) in [4.78, 5) is 16.3. The molecule has 1 amide bonds. The Hall–Kier alpha value is -2.41. The number of amides is 1. The van der Waals surface area contributed by atoms with E-state index in [9.17, 15) is 10.1 Å². The zero-order chi connectivity index (χ0) is 13.3. The fourth-order valence-corrected chi connectivity index (χ4v) is 2.39. The van der Waals surface area contributed by atoms with Crippen molar-refractivity contribution in [2.75, 3.05) is 5.32 Å². The van der Waals surface area contributed by atoms with Crippen LogP contribution in [0.3, 0.4) is 0 Å². The number of benzene rings is 1. The molecule has 1 N–H and O–H groups in total. The van der Waals surface area contributed by atoms with Crippen molar-refractivity contribution in [3.63, 3.8) is 0 Å². The maximum Gasteiger partial charge on any atom is 0.244 e. The molecule has 0 unspecified atom stereocenters. The Kier molecular flexibility index (Phi) is 2.68. The summed E-state index contributed by atoms with van der Waals surface area (Å²) in [6, 6.07) is 9.70. The summed E-state index contributed by atoms with van der Waals surface area (Å²) in [5.41, 5.74) is -0.0822. The number of carbonyl (C=O) groups excluding carboxylic acids is 1. The van der Waals surface area contributed by atoms with Gasteiger partial charge in [-0.2, -0.15) is 5.26 Å². The molecule has 1 heterocycles. The van der Waals surface area contributed by atoms with E-state index >= 15 is 0 Å². The molecule has 94 valence electrons. The summed E-state index contributed by atoms with van der Waals surface area (Å²) in [7, 11) is 0. The van der Waals surface area contributed by atoms with E-state index in [-0.39, 0.29) is 5.91 Å². The van der Waals surface area contributed by atoms with Crippen LogP contribution in [0.5, 0.6) is 0 Å². The summed E-state index contributed by atoms with van der Waals surface area (Å²) in [6.07, 6.45) is 5.71. The van der Waals surface area contributed by atoms with Gasteiger partial charge in [-0.25, -0.2) is 0 Å². The number of rotatable bonds is 2. The number of nitrogens with one attached hydrogen (secondary N) is 1. The molecule has 0 aliphatic heterocycles. The van der Waals surface area contributed by atoms with Crippen LogP contribution >= 0.6 is 0 Å². The minimum atomic E-state index is -0.824. The van der Waals surface area contributed by atoms with E-state index in [0.717, 1.165) is 22.9 Å². The SMILES string of the molecule is N#CC1(C(=O)Nc2cccc3cnccc23)CCC1. The van der Waals surface area contributed by atoms with Gasteiger partial charge in [0.15, 0.2) is 0 Å². The highest BCUT2D eigenvalue weighted by atomic mass is 16.2. The number of hydrogen-bond donors (Lipinski definition) is 1. The van der Waals surface area contributed by atoms with Crippen molar-refractivity contribution in [2.24, 2.45) is 5.41 Å². The lowest BCUT2D eigenvalue weighted by atomic mass is 9.69. The molecule has 1 aromatic heterocycles. The first-order chi connectivity index (χ1) is 9.25. The van der Waals surface area contributed by atoms with E-state index in [1.807, 2.05) is 24.3 Å². The monoisotopic (exact) mass is 251 g/mol. The number of hydrogen-bond acceptors (Lipinski definition) is 3. The predicted molar refractivity (Wildman–Crippen MR) is 72.3 cm³/mol. The smallest absolute Gasteiger partial charge is 0.244 e. The first-order valence-corrected chi connectivity index (χ1v) is 6.31. The van der Waals surface area contributed by atoms with Gasteiger partial charge in [-0.05, 0) is 31.4 Å². The van der Waals surface area contributed by atoms with Crippen molar-refractivity contribution < 1.29 is 4.79 Å². The minimum Gasteiger partial charge on any atom is -0.324 e. The summed E-state index contributed by atoms with van der Waals surface area (Å²) in [5.74, 6) is -0.189. The third-order valence-corrected chi connectivity index (χ3v) is 3.78. The van der Waals surface area contributed by atoms with Crippen LogP contribution in [-0.2, 0) is 4.79 Å². The molecule has 0 spiro atoms. The van der Waals surface area contributed by atoms with Gasteiger partial charge >= 0.3 is 0 Å². The van der Waals surface area contributed by atoms with Crippen molar-refractivity contribution in [1.29, 1.82) is 5.26 Å². The van der Waals surface area contributed by atoms with E-state index in [0.29, 0.717) is 12.8 Å². The Labute approximate surface area is 111 Å². The van der Waals surface area contributed by atoms with Crippen molar-refractivity contribution in [3.05, 3.63) is 36.7 Å². The highest BCUT2D eigenvalue weighted by Crippen LogP contribution is 2.41. The molecule has 0 saturated heterocycles. The van der Waals surface area contributed by atoms with E-state index in [2.05, 4.69) is 16.4 Å². The van der Waals surface area contributed by atoms with Crippen LogP contribution in [0.4, 0.5) is 5.69 Å². The second kappa shape index (κ2) is 4.36. The fourth-order valence-electron chi connectivity index (χ4n) is 2.39. The van der Waals surface area contributed by atoms with E-state index in [4.69, 9.17) is 0 Å². The van der Waals surface area contributed by atoms with Crippen molar-refractivity contribution in [3.8, 4) is 6.07 Å². The molecule has 1 saturated carbocycles. The van der Waals surface area contributed by atoms with E-state index in [1.54, 1.807) is 12.4 Å². The Morgan fingerprint density at radius 1 is 1.37 bits per heavy atom. The molecule has 1 aliphatic carbocycles. The molecular formula is C15H13N3O. The van der Waals surface area contributed by atoms with Crippen LogP contribution in [0.25, 0.3) is 10.8 Å². The fraction of sp³-hybridized carbons (Fsp3) is 0.267. The molecule has 3 rings (SSSR count). The molecule has 0 radical (unpaired) electrons. The molecule has 1 aromatic carbocycles. The Bertz CT molecular complexity index is 678. The predicted octanol–water partition coefficient (Wildman–Crippen LogP) is 2.87. The van der Waals surface area contributed by atoms with Gasteiger partial charge in [-0.1, -0.05) is 12.1 Å². The molecule has 4 heteroatoms. The van der Waals surface area contributed by atoms with Crippen molar-refractivity contribution >= 4 is 22.4 Å². The zero-order valence-corrected chi connectivity index (χ0v) is 10.4. The Morgan fingerprint density at radius 3 is 2.89 bits per heavy atom. The number of fused-ring (bicyclic) bond motifs is 1. The lowest BCUT2D eigenvalue weighted by molar-refractivity contribution is -0.126. The number of nitrogens with zero attached hydrogens (tertiary/aromatic N) is 2. The number of aromatic nitrogens is 1. The molecule has 1 aliphatic rings. The van der Waals surface area contributed by atoms with Gasteiger partial charge in [-0.15, -0.1) is 0 Å². The summed E-state index contributed by atoms with van der Waals surface area (Å²) < 4.78 is 0. The van der Waals surface area contributed by atoms with Crippen LogP contribution < -0.4 is 5.32 Å². The number of pyridine rings is 1. The molecule has 1 fully saturated rings. The lowest BCUT2D eigenvalue weighted by Crippen LogP contribution is -2.40. The second-order valence-electron chi connectivity index (χ2n) is 4.90. The average Bonchev–Trinajstić information content (AvgIpc) is 2.38. The summed E-state index contributed by atoms with van der Waals surface area (Å²) in [5, 5.41) is 14.0. The van der Waals surface area contributed by atoms with Gasteiger partial charge in [0.2, 0.25) is 5.91 Å². The largest absolute Gasteiger partial charge is 0.324 e. The van der Waals surface area contributed by atoms with Gasteiger partial charge in [0.1, 0.15) is 5.41 Å². The third-order valence-electron chi connectivity index (χ3n) is 3.78. The molecule has 19 heavy (non-hydrogen) atoms. The van der Waals surface area contributed by atoms with Crippen LogP contribution in [-0.4, -0.2) is 10.9 Å². The molecule has 2 aromatic rings. The van der Waals surface area contributed by atoms with Crippen molar-refractivity contribution in [2.45, 2.75) is 19.3 Å². The van der Waals surface area contributed by atoms with E-state index in [1.165, 1.54) is 0 Å². The maximum absolute atomic E-state index is 12.2. The summed E-state index contributed by atoms with van der Waals surface area (Å²) in [6.45, 7) is 0. The Morgan fingerprint density at radius 2 is 2.21 bits per heavy atom. The second-order valence-corrected chi connectivity index (χ2v) is 4.90. The maximum atomic E-state index is 12.2. The first-order valence-electron chi connectivity index (χ1n) is 6.31. The highest BCUT2D eigenvalue weighted by molar-refractivity contribution is 6.04. The number of nitriles is 1. The molecule has 0 atom stereocenters. The van der Waals surface area contributed by atoms with Crippen molar-refractivity contribution in [1.82, 2.24) is 4.98 Å². The van der Waals surface area contributed by atoms with Gasteiger partial charge in [-0.3, -0.25) is 9.78 Å². The number of anilines is 1. The number of carbonyl (C=O) groups is 1. The Balaban J connectivity index is 1.94. The van der Waals surface area contributed by atoms with Crippen LogP contribution in [0.1, 0.15) is 19.3 Å². The van der Waals surface area contributed by atoms with Crippen LogP contribution in [0, 0.1) is 16.7 Å². The van der Waals surface area contributed by atoms with Gasteiger partial charge in [0.25, 0.3) is 0 Å². The molecule has 4 nitrogen and oxygen atoms in total. The average molecular weight is 251 g/mol. The van der Waals surface area contributed by atoms with Crippen LogP contribution in [0.2, 0.25) is 0 Å². The van der Waals surface area contributed by atoms with Gasteiger partial charge in [0.05, 0.1) is 6.07 Å². The zero-order valence-electron chi connectivity index (χ0n) is 10.4. The standard InChI is InChI=1S/C15H13N3O/c16-10-15(6-2-7-15)14(19)18-13-4-1-3-11-9-17-8-5-12(11)13/h1,3-5,8-9H,2,6-7H2,(H,18,19). The minimum absolute atomic E-state index is 0.189. The topological polar surface area (TPSA) is 65.8 Å². The molecule has 0 bridgehead atoms. The van der Waals surface area contributed by atoms with E-state index < -0.39 is 5.41 Å². The quantitative estimate of drug-likeness (QED) is 0.892. The normalized spacial score (nSPS) is 16.4. The van der Waals surface area contributed by atoms with Gasteiger partial charge in [0, 0.05) is 28.9 Å². The lowest BCUT2D eigenvalue weighted by Gasteiger charge is -2.33.